The molecule has 0 bridgehead atoms. The summed E-state index contributed by atoms with van der Waals surface area (Å²) in [6.45, 7) is -0.165. The van der Waals surface area contributed by atoms with Crippen LogP contribution in [0.25, 0.3) is 0 Å². The standard InChI is InChI=1S/C14H14ClFN2O3S/c15-12-7-10(1-2-13(12)16)9-22(20,21)18-8-14(19)11-3-5-17-6-4-11/h1-7,14,18-19H,8-9H2/t14-/m1/s1. The third-order valence-electron chi connectivity index (χ3n) is 2.93. The molecule has 0 unspecified atom stereocenters. The van der Waals surface area contributed by atoms with E-state index in [1.54, 1.807) is 12.1 Å². The van der Waals surface area contributed by atoms with Gasteiger partial charge in [0.2, 0.25) is 10.0 Å². The molecular weight excluding hydrogens is 331 g/mol. The normalized spacial score (nSPS) is 13.0. The molecule has 2 N–H and O–H groups in total. The quantitative estimate of drug-likeness (QED) is 0.840. The van der Waals surface area contributed by atoms with Gasteiger partial charge in [0.15, 0.2) is 0 Å². The first-order chi connectivity index (χ1) is 10.4. The van der Waals surface area contributed by atoms with Gasteiger partial charge in [-0.15, -0.1) is 0 Å². The van der Waals surface area contributed by atoms with Crippen molar-refractivity contribution in [2.45, 2.75) is 11.9 Å². The molecule has 5 nitrogen and oxygen atoms in total. The van der Waals surface area contributed by atoms with Crippen molar-refractivity contribution in [2.75, 3.05) is 6.54 Å². The number of hydrogen-bond acceptors (Lipinski definition) is 4. The van der Waals surface area contributed by atoms with Crippen LogP contribution in [0.1, 0.15) is 17.2 Å². The van der Waals surface area contributed by atoms with Crippen LogP contribution in [0.2, 0.25) is 5.02 Å². The van der Waals surface area contributed by atoms with Crippen LogP contribution in [-0.4, -0.2) is 25.1 Å². The molecule has 2 aromatic rings. The van der Waals surface area contributed by atoms with Gasteiger partial charge in [0.05, 0.1) is 16.9 Å². The Morgan fingerprint density at radius 1 is 1.27 bits per heavy atom. The van der Waals surface area contributed by atoms with Crippen molar-refractivity contribution in [3.8, 4) is 0 Å². The highest BCUT2D eigenvalue weighted by Crippen LogP contribution is 2.17. The molecule has 1 atom stereocenters. The van der Waals surface area contributed by atoms with Crippen molar-refractivity contribution in [1.82, 2.24) is 9.71 Å². The van der Waals surface area contributed by atoms with Crippen molar-refractivity contribution < 1.29 is 17.9 Å². The van der Waals surface area contributed by atoms with Gasteiger partial charge in [-0.05, 0) is 35.4 Å². The molecule has 1 aromatic heterocycles. The first kappa shape index (κ1) is 16.8. The maximum Gasteiger partial charge on any atom is 0.215 e. The highest BCUT2D eigenvalue weighted by molar-refractivity contribution is 7.88. The number of pyridine rings is 1. The fourth-order valence-electron chi connectivity index (χ4n) is 1.81. The molecule has 0 fully saturated rings. The number of sulfonamides is 1. The molecule has 8 heteroatoms. The minimum absolute atomic E-state index is 0.135. The topological polar surface area (TPSA) is 79.3 Å². The number of aliphatic hydroxyl groups is 1. The average molecular weight is 345 g/mol. The average Bonchev–Trinajstić information content (AvgIpc) is 2.49. The molecule has 22 heavy (non-hydrogen) atoms. The summed E-state index contributed by atoms with van der Waals surface area (Å²) < 4.78 is 39.3. The van der Waals surface area contributed by atoms with Crippen molar-refractivity contribution in [3.05, 3.63) is 64.7 Å². The van der Waals surface area contributed by atoms with E-state index in [0.29, 0.717) is 11.1 Å². The minimum Gasteiger partial charge on any atom is -0.387 e. The lowest BCUT2D eigenvalue weighted by atomic mass is 10.1. The van der Waals surface area contributed by atoms with E-state index in [4.69, 9.17) is 11.6 Å². The summed E-state index contributed by atoms with van der Waals surface area (Å²) >= 11 is 5.61. The SMILES string of the molecule is O=S(=O)(Cc1ccc(F)c(Cl)c1)NC[C@@H](O)c1ccncc1. The molecule has 1 heterocycles. The number of nitrogens with zero attached hydrogens (tertiary/aromatic N) is 1. The Labute approximate surface area is 132 Å². The number of aliphatic hydroxyl groups excluding tert-OH is 1. The van der Waals surface area contributed by atoms with Gasteiger partial charge in [-0.2, -0.15) is 0 Å². The fourth-order valence-corrected chi connectivity index (χ4v) is 3.14. The number of halogens is 2. The first-order valence-corrected chi connectivity index (χ1v) is 8.40. The van der Waals surface area contributed by atoms with Crippen LogP contribution in [0.3, 0.4) is 0 Å². The van der Waals surface area contributed by atoms with Gasteiger partial charge < -0.3 is 5.11 Å². The van der Waals surface area contributed by atoms with E-state index < -0.39 is 21.9 Å². The van der Waals surface area contributed by atoms with Crippen LogP contribution in [0, 0.1) is 5.82 Å². The second-order valence-electron chi connectivity index (χ2n) is 4.65. The molecule has 2 rings (SSSR count). The van der Waals surface area contributed by atoms with Crippen LogP contribution in [-0.2, 0) is 15.8 Å². The summed E-state index contributed by atoms with van der Waals surface area (Å²) in [5.41, 5.74) is 0.917. The summed E-state index contributed by atoms with van der Waals surface area (Å²) in [4.78, 5) is 3.81. The van der Waals surface area contributed by atoms with Crippen molar-refractivity contribution in [1.29, 1.82) is 0 Å². The zero-order valence-corrected chi connectivity index (χ0v) is 13.0. The summed E-state index contributed by atoms with van der Waals surface area (Å²) in [5, 5.41) is 9.77. The van der Waals surface area contributed by atoms with E-state index in [-0.39, 0.29) is 17.3 Å². The van der Waals surface area contributed by atoms with Crippen LogP contribution in [0.15, 0.2) is 42.7 Å². The van der Waals surface area contributed by atoms with Gasteiger partial charge >= 0.3 is 0 Å². The maximum atomic E-state index is 13.0. The van der Waals surface area contributed by atoms with Gasteiger partial charge in [-0.25, -0.2) is 17.5 Å². The Kier molecular flexibility index (Phi) is 5.47. The van der Waals surface area contributed by atoms with E-state index >= 15 is 0 Å². The third-order valence-corrected chi connectivity index (χ3v) is 4.54. The lowest BCUT2D eigenvalue weighted by Crippen LogP contribution is -2.29. The van der Waals surface area contributed by atoms with Gasteiger partial charge in [-0.1, -0.05) is 17.7 Å². The second kappa shape index (κ2) is 7.15. The highest BCUT2D eigenvalue weighted by atomic mass is 35.5. The molecular formula is C14H14ClFN2O3S. The Bertz CT molecular complexity index is 741. The monoisotopic (exact) mass is 344 g/mol. The lowest BCUT2D eigenvalue weighted by molar-refractivity contribution is 0.182. The van der Waals surface area contributed by atoms with E-state index in [0.717, 1.165) is 6.07 Å². The first-order valence-electron chi connectivity index (χ1n) is 6.36. The van der Waals surface area contributed by atoms with Crippen molar-refractivity contribution in [3.63, 3.8) is 0 Å². The van der Waals surface area contributed by atoms with Gasteiger partial charge in [0.25, 0.3) is 0 Å². The van der Waals surface area contributed by atoms with Gasteiger partial charge in [0, 0.05) is 18.9 Å². The van der Waals surface area contributed by atoms with E-state index in [9.17, 15) is 17.9 Å². The highest BCUT2D eigenvalue weighted by Gasteiger charge is 2.15. The minimum atomic E-state index is -3.67. The summed E-state index contributed by atoms with van der Waals surface area (Å²) in [6, 6.07) is 6.91. The molecule has 0 saturated heterocycles. The number of benzene rings is 1. The fraction of sp³-hybridized carbons (Fsp3) is 0.214. The zero-order valence-electron chi connectivity index (χ0n) is 11.4. The lowest BCUT2D eigenvalue weighted by Gasteiger charge is -2.12. The molecule has 0 amide bonds. The second-order valence-corrected chi connectivity index (χ2v) is 6.87. The maximum absolute atomic E-state index is 13.0. The van der Waals surface area contributed by atoms with Crippen LogP contribution in [0.5, 0.6) is 0 Å². The van der Waals surface area contributed by atoms with Gasteiger partial charge in [-0.3, -0.25) is 4.98 Å². The van der Waals surface area contributed by atoms with E-state index in [2.05, 4.69) is 9.71 Å². The largest absolute Gasteiger partial charge is 0.387 e. The predicted octanol–water partition coefficient (Wildman–Crippen LogP) is 2.03. The molecule has 0 radical (unpaired) electrons. The van der Waals surface area contributed by atoms with E-state index in [1.807, 2.05) is 0 Å². The third kappa shape index (κ3) is 4.74. The molecule has 1 aromatic carbocycles. The number of aromatic nitrogens is 1. The number of rotatable bonds is 6. The van der Waals surface area contributed by atoms with Crippen LogP contribution < -0.4 is 4.72 Å². The van der Waals surface area contributed by atoms with Crippen LogP contribution in [0.4, 0.5) is 4.39 Å². The van der Waals surface area contributed by atoms with Crippen LogP contribution >= 0.6 is 11.6 Å². The van der Waals surface area contributed by atoms with E-state index in [1.165, 1.54) is 24.5 Å². The summed E-state index contributed by atoms with van der Waals surface area (Å²) in [6.07, 6.45) is 2.04. The molecule has 0 aliphatic rings. The molecule has 118 valence electrons. The van der Waals surface area contributed by atoms with Gasteiger partial charge in [0.1, 0.15) is 5.82 Å². The number of nitrogens with one attached hydrogen (secondary N) is 1. The Morgan fingerprint density at radius 3 is 2.59 bits per heavy atom. The summed E-state index contributed by atoms with van der Waals surface area (Å²) in [5.74, 6) is -0.959. The molecule has 0 aliphatic heterocycles. The molecule has 0 aliphatic carbocycles. The Hall–Kier alpha value is -1.54. The Balaban J connectivity index is 1.98. The predicted molar refractivity (Wildman–Crippen MR) is 81.2 cm³/mol. The van der Waals surface area contributed by atoms with Crippen molar-refractivity contribution >= 4 is 21.6 Å². The molecule has 0 saturated carbocycles. The number of hydrogen-bond donors (Lipinski definition) is 2. The smallest absolute Gasteiger partial charge is 0.215 e. The van der Waals surface area contributed by atoms with Crippen molar-refractivity contribution in [2.24, 2.45) is 0 Å². The zero-order chi connectivity index (χ0) is 16.2. The Morgan fingerprint density at radius 2 is 1.95 bits per heavy atom. The molecule has 0 spiro atoms. The summed E-state index contributed by atoms with van der Waals surface area (Å²) in [7, 11) is -3.67.